The van der Waals surface area contributed by atoms with Crippen molar-refractivity contribution in [3.63, 3.8) is 0 Å². The molecule has 0 aliphatic carbocycles. The lowest BCUT2D eigenvalue weighted by atomic mass is 10.0. The minimum atomic E-state index is -5.54. The number of nitrogens with zero attached hydrogens (tertiary/aromatic N) is 2. The van der Waals surface area contributed by atoms with Gasteiger partial charge in [0, 0.05) is 5.39 Å². The number of H-pyrrole nitrogens is 1. The molecule has 1 unspecified atom stereocenters. The average Bonchev–Trinajstić information content (AvgIpc) is 3.57. The molecule has 1 aromatic heterocycles. The Balaban J connectivity index is 1.48. The Morgan fingerprint density at radius 2 is 1.67 bits per heavy atom. The number of hydrogen-bond acceptors (Lipinski definition) is 8. The van der Waals surface area contributed by atoms with E-state index in [0.29, 0.717) is 27.5 Å². The summed E-state index contributed by atoms with van der Waals surface area (Å²) in [7, 11) is -8.47. The fourth-order valence-corrected chi connectivity index (χ4v) is 8.36. The highest BCUT2D eigenvalue weighted by Crippen LogP contribution is 2.56. The summed E-state index contributed by atoms with van der Waals surface area (Å²) in [5, 5.41) is -0.270. The summed E-state index contributed by atoms with van der Waals surface area (Å²) in [6.07, 6.45) is -6.05. The van der Waals surface area contributed by atoms with Crippen molar-refractivity contribution in [1.29, 1.82) is 0 Å². The monoisotopic (exact) mass is 674 g/mol. The number of halogens is 3. The van der Waals surface area contributed by atoms with Gasteiger partial charge in [0.1, 0.15) is 17.1 Å². The molecule has 240 valence electrons. The van der Waals surface area contributed by atoms with Crippen molar-refractivity contribution >= 4 is 54.5 Å². The number of benzene rings is 4. The second-order valence-electron chi connectivity index (χ2n) is 10.5. The number of hydroxylamine groups is 1. The third-order valence-electron chi connectivity index (χ3n) is 7.46. The molecule has 1 saturated heterocycles. The van der Waals surface area contributed by atoms with Crippen molar-refractivity contribution < 1.29 is 45.1 Å². The van der Waals surface area contributed by atoms with Crippen molar-refractivity contribution in [1.82, 2.24) is 19.2 Å². The number of aromatic nitrogens is 2. The maximum absolute atomic E-state index is 14.3. The Morgan fingerprint density at radius 3 is 2.35 bits per heavy atom. The summed E-state index contributed by atoms with van der Waals surface area (Å²) in [5.41, 5.74) is 1.59. The van der Waals surface area contributed by atoms with Crippen LogP contribution in [0.4, 0.5) is 13.2 Å². The number of amides is 1. The topological polar surface area (TPSA) is 162 Å². The number of para-hydroxylation sites is 2. The maximum Gasteiger partial charge on any atom is 0.492 e. The molecule has 0 spiro atoms. The lowest BCUT2D eigenvalue weighted by Crippen LogP contribution is -2.42. The molecule has 4 aromatic carbocycles. The molecule has 1 amide bonds. The third-order valence-corrected chi connectivity index (χ3v) is 10.9. The van der Waals surface area contributed by atoms with Crippen molar-refractivity contribution in [3.8, 4) is 0 Å². The van der Waals surface area contributed by atoms with Crippen LogP contribution in [-0.2, 0) is 30.9 Å². The molecule has 1 aliphatic rings. The average molecular weight is 675 g/mol. The Kier molecular flexibility index (Phi) is 8.02. The first kappa shape index (κ1) is 31.5. The standard InChI is InChI=1S/C30H25F3N4O7S2/c31-30(32,33)29(39)44-37(46(42,43)25-11-5-7-19-6-1-2-8-21(19)25)24(28-34-22-9-3-4-10-23(22)35-28)16-18-12-14-20(15-13-18)26-17-27(38)36-45(26,40)41/h1-15,24,26,40-41H,16-17H2,(H,34,35)(H,36,38)/t24-,26?/m0/s1. The quantitative estimate of drug-likeness (QED) is 0.147. The van der Waals surface area contributed by atoms with Gasteiger partial charge in [0.15, 0.2) is 0 Å². The highest BCUT2D eigenvalue weighted by Gasteiger charge is 2.47. The second kappa shape index (κ2) is 11.7. The minimum absolute atomic E-state index is 0.0341. The Bertz CT molecular complexity index is 2030. The van der Waals surface area contributed by atoms with E-state index < -0.39 is 55.0 Å². The van der Waals surface area contributed by atoms with Crippen LogP contribution in [0, 0.1) is 0 Å². The van der Waals surface area contributed by atoms with E-state index in [-0.39, 0.29) is 28.5 Å². The summed E-state index contributed by atoms with van der Waals surface area (Å²) in [4.78, 5) is 35.8. The molecular formula is C30H25F3N4O7S2. The van der Waals surface area contributed by atoms with Gasteiger partial charge in [0.2, 0.25) is 5.91 Å². The van der Waals surface area contributed by atoms with E-state index in [0.717, 1.165) is 0 Å². The van der Waals surface area contributed by atoms with E-state index in [1.165, 1.54) is 42.5 Å². The maximum atomic E-state index is 14.3. The molecule has 0 radical (unpaired) electrons. The van der Waals surface area contributed by atoms with Gasteiger partial charge in [-0.15, -0.1) is 10.8 Å². The molecule has 4 N–H and O–H groups in total. The van der Waals surface area contributed by atoms with Gasteiger partial charge in [0.05, 0.1) is 22.3 Å². The molecule has 1 fully saturated rings. The van der Waals surface area contributed by atoms with E-state index in [4.69, 9.17) is 4.84 Å². The molecular weight excluding hydrogens is 649 g/mol. The number of sulfonamides is 1. The fraction of sp³-hybridized carbons (Fsp3) is 0.167. The largest absolute Gasteiger partial charge is 0.492 e. The number of aromatic amines is 1. The van der Waals surface area contributed by atoms with E-state index in [9.17, 15) is 40.3 Å². The number of fused-ring (bicyclic) bond motifs is 2. The third kappa shape index (κ3) is 6.04. The van der Waals surface area contributed by atoms with E-state index in [2.05, 4.69) is 14.7 Å². The van der Waals surface area contributed by atoms with Crippen LogP contribution in [-0.4, -0.2) is 50.0 Å². The normalized spacial score (nSPS) is 18.0. The summed E-state index contributed by atoms with van der Waals surface area (Å²) < 4.78 is 92.2. The van der Waals surface area contributed by atoms with Crippen LogP contribution in [0.5, 0.6) is 0 Å². The van der Waals surface area contributed by atoms with Crippen LogP contribution in [0.2, 0.25) is 0 Å². The number of nitrogens with one attached hydrogen (secondary N) is 2. The zero-order valence-electron chi connectivity index (χ0n) is 23.5. The first-order valence-electron chi connectivity index (χ1n) is 13.7. The van der Waals surface area contributed by atoms with Gasteiger partial charge in [-0.25, -0.2) is 18.2 Å². The van der Waals surface area contributed by atoms with Gasteiger partial charge in [-0.3, -0.25) is 18.6 Å². The number of imidazole rings is 1. The molecule has 11 nitrogen and oxygen atoms in total. The van der Waals surface area contributed by atoms with Crippen molar-refractivity contribution in [2.24, 2.45) is 0 Å². The summed E-state index contributed by atoms with van der Waals surface area (Å²) in [5.74, 6) is -3.40. The van der Waals surface area contributed by atoms with Crippen LogP contribution < -0.4 is 4.72 Å². The van der Waals surface area contributed by atoms with E-state index in [1.54, 1.807) is 48.5 Å². The molecule has 2 heterocycles. The second-order valence-corrected chi connectivity index (χ2v) is 14.2. The SMILES string of the molecule is O=C1CC(c2ccc(C[C@@H](c3nc4ccccc4[nH]3)N(OC(=O)C(F)(F)F)S(=O)(=O)c3cccc4ccccc34)cc2)S(O)(O)N1. The first-order valence-corrected chi connectivity index (χ1v) is 16.7. The number of alkyl halides is 3. The fourth-order valence-electron chi connectivity index (χ4n) is 5.30. The highest BCUT2D eigenvalue weighted by molar-refractivity contribution is 8.23. The lowest BCUT2D eigenvalue weighted by molar-refractivity contribution is -0.227. The van der Waals surface area contributed by atoms with Gasteiger partial charge in [-0.05, 0) is 45.6 Å². The Labute approximate surface area is 261 Å². The van der Waals surface area contributed by atoms with Crippen molar-refractivity contribution in [3.05, 3.63) is 108 Å². The van der Waals surface area contributed by atoms with Gasteiger partial charge in [0.25, 0.3) is 10.0 Å². The van der Waals surface area contributed by atoms with Crippen molar-refractivity contribution in [2.75, 3.05) is 0 Å². The predicted octanol–water partition coefficient (Wildman–Crippen LogP) is 5.94. The van der Waals surface area contributed by atoms with Gasteiger partial charge < -0.3 is 9.82 Å². The predicted molar refractivity (Wildman–Crippen MR) is 162 cm³/mol. The van der Waals surface area contributed by atoms with Crippen LogP contribution in [0.3, 0.4) is 0 Å². The molecule has 5 aromatic rings. The first-order chi connectivity index (χ1) is 21.7. The molecule has 0 saturated carbocycles. The van der Waals surface area contributed by atoms with Crippen molar-refractivity contribution in [2.45, 2.75) is 35.2 Å². The molecule has 16 heteroatoms. The molecule has 1 aliphatic heterocycles. The van der Waals surface area contributed by atoms with Gasteiger partial charge in [-0.1, -0.05) is 72.8 Å². The van der Waals surface area contributed by atoms with E-state index in [1.807, 2.05) is 0 Å². The summed E-state index contributed by atoms with van der Waals surface area (Å²) >= 11 is 0. The number of hydrogen-bond donors (Lipinski definition) is 4. The Hall–Kier alpha value is -4.48. The number of carbonyl (C=O) groups is 2. The smallest absolute Gasteiger partial charge is 0.344 e. The Morgan fingerprint density at radius 1 is 1.00 bits per heavy atom. The molecule has 0 bridgehead atoms. The molecule has 2 atom stereocenters. The molecule has 6 rings (SSSR count). The highest BCUT2D eigenvalue weighted by atomic mass is 32.3. The van der Waals surface area contributed by atoms with Crippen LogP contribution >= 0.6 is 10.8 Å². The van der Waals surface area contributed by atoms with E-state index >= 15 is 0 Å². The summed E-state index contributed by atoms with van der Waals surface area (Å²) in [6, 6.07) is 21.5. The van der Waals surface area contributed by atoms with Crippen LogP contribution in [0.15, 0.2) is 95.9 Å². The lowest BCUT2D eigenvalue weighted by Gasteiger charge is -2.33. The number of carbonyl (C=O) groups excluding carboxylic acids is 2. The van der Waals surface area contributed by atoms with Crippen LogP contribution in [0.25, 0.3) is 21.8 Å². The zero-order valence-corrected chi connectivity index (χ0v) is 25.1. The van der Waals surface area contributed by atoms with Crippen LogP contribution in [0.1, 0.15) is 34.7 Å². The molecule has 46 heavy (non-hydrogen) atoms. The number of rotatable bonds is 8. The van der Waals surface area contributed by atoms with Gasteiger partial charge in [-0.2, -0.15) is 13.2 Å². The summed E-state index contributed by atoms with van der Waals surface area (Å²) in [6.45, 7) is 0. The van der Waals surface area contributed by atoms with Gasteiger partial charge >= 0.3 is 12.1 Å². The zero-order chi connectivity index (χ0) is 32.9. The minimum Gasteiger partial charge on any atom is -0.344 e.